The molecule has 0 aliphatic carbocycles. The molecule has 14 heavy (non-hydrogen) atoms. The zero-order valence-electron chi connectivity index (χ0n) is 8.10. The Morgan fingerprint density at radius 2 is 2.36 bits per heavy atom. The third-order valence-electron chi connectivity index (χ3n) is 1.67. The lowest BCUT2D eigenvalue weighted by Gasteiger charge is -2.08. The number of anilines is 1. The number of pyridine rings is 1. The topological polar surface area (TPSA) is 54.0 Å². The van der Waals surface area contributed by atoms with E-state index in [1.54, 1.807) is 19.3 Å². The van der Waals surface area contributed by atoms with Crippen molar-refractivity contribution in [3.63, 3.8) is 0 Å². The second-order valence-electron chi connectivity index (χ2n) is 2.66. The van der Waals surface area contributed by atoms with Crippen molar-refractivity contribution in [1.29, 1.82) is 0 Å². The summed E-state index contributed by atoms with van der Waals surface area (Å²) in [6.45, 7) is 2.69. The summed E-state index contributed by atoms with van der Waals surface area (Å²) in [5.41, 5.74) is 0.545. The van der Waals surface area contributed by atoms with Crippen LogP contribution in [0.1, 0.15) is 17.3 Å². The van der Waals surface area contributed by atoms with E-state index in [4.69, 9.17) is 0 Å². The zero-order valence-corrected chi connectivity index (χ0v) is 9.68. The van der Waals surface area contributed by atoms with Gasteiger partial charge >= 0.3 is 0 Å². The summed E-state index contributed by atoms with van der Waals surface area (Å²) in [7, 11) is 1.60. The Morgan fingerprint density at radius 3 is 2.93 bits per heavy atom. The molecule has 1 amide bonds. The van der Waals surface area contributed by atoms with Gasteiger partial charge in [-0.25, -0.2) is 4.98 Å². The molecule has 1 aromatic heterocycles. The summed E-state index contributed by atoms with van der Waals surface area (Å²) < 4.78 is 0.790. The van der Waals surface area contributed by atoms with Crippen LogP contribution >= 0.6 is 15.9 Å². The van der Waals surface area contributed by atoms with Crippen molar-refractivity contribution in [3.05, 3.63) is 22.3 Å². The van der Waals surface area contributed by atoms with Gasteiger partial charge in [0.25, 0.3) is 5.91 Å². The summed E-state index contributed by atoms with van der Waals surface area (Å²) in [5, 5.41) is 5.59. The van der Waals surface area contributed by atoms with E-state index in [2.05, 4.69) is 31.5 Å². The maximum atomic E-state index is 11.4. The van der Waals surface area contributed by atoms with E-state index in [9.17, 15) is 4.79 Å². The number of carbonyl (C=O) groups is 1. The number of nitrogens with zero attached hydrogens (tertiary/aromatic N) is 1. The Labute approximate surface area is 91.2 Å². The molecule has 0 bridgehead atoms. The average molecular weight is 258 g/mol. The van der Waals surface area contributed by atoms with Gasteiger partial charge in [-0.1, -0.05) is 0 Å². The number of hydrogen-bond acceptors (Lipinski definition) is 3. The van der Waals surface area contributed by atoms with Crippen LogP contribution < -0.4 is 10.6 Å². The van der Waals surface area contributed by atoms with Crippen LogP contribution in [0.25, 0.3) is 0 Å². The van der Waals surface area contributed by atoms with Crippen LogP contribution in [-0.2, 0) is 0 Å². The van der Waals surface area contributed by atoms with Crippen molar-refractivity contribution < 1.29 is 4.79 Å². The van der Waals surface area contributed by atoms with E-state index < -0.39 is 0 Å². The minimum absolute atomic E-state index is 0.144. The van der Waals surface area contributed by atoms with Gasteiger partial charge in [-0.3, -0.25) is 4.79 Å². The van der Waals surface area contributed by atoms with Crippen molar-refractivity contribution in [2.24, 2.45) is 0 Å². The van der Waals surface area contributed by atoms with Crippen molar-refractivity contribution in [2.75, 3.05) is 18.9 Å². The molecular weight excluding hydrogens is 246 g/mol. The molecule has 0 spiro atoms. The normalized spacial score (nSPS) is 9.64. The number of carbonyl (C=O) groups excluding carboxylic acids is 1. The van der Waals surface area contributed by atoms with E-state index >= 15 is 0 Å². The number of halogens is 1. The van der Waals surface area contributed by atoms with Crippen LogP contribution in [0.4, 0.5) is 5.82 Å². The molecule has 76 valence electrons. The minimum atomic E-state index is -0.144. The molecule has 0 aliphatic heterocycles. The molecule has 0 atom stereocenters. The largest absolute Gasteiger partial charge is 0.370 e. The minimum Gasteiger partial charge on any atom is -0.370 e. The van der Waals surface area contributed by atoms with Gasteiger partial charge in [-0.15, -0.1) is 0 Å². The molecule has 0 saturated heterocycles. The molecule has 2 N–H and O–H groups in total. The summed E-state index contributed by atoms with van der Waals surface area (Å²) in [6.07, 6.45) is 1.66. The molecule has 4 nitrogen and oxygen atoms in total. The van der Waals surface area contributed by atoms with Gasteiger partial charge in [0.05, 0.1) is 5.56 Å². The maximum absolute atomic E-state index is 11.4. The van der Waals surface area contributed by atoms with Gasteiger partial charge in [0.2, 0.25) is 0 Å². The number of nitrogens with one attached hydrogen (secondary N) is 2. The van der Waals surface area contributed by atoms with Gasteiger partial charge in [0.15, 0.2) is 0 Å². The predicted octanol–water partition coefficient (Wildman–Crippen LogP) is 1.64. The van der Waals surface area contributed by atoms with Gasteiger partial charge in [0, 0.05) is 24.3 Å². The van der Waals surface area contributed by atoms with Gasteiger partial charge in [-0.2, -0.15) is 0 Å². The Kier molecular flexibility index (Phi) is 3.88. The molecule has 0 saturated carbocycles. The van der Waals surface area contributed by atoms with E-state index in [1.807, 2.05) is 6.92 Å². The monoisotopic (exact) mass is 257 g/mol. The lowest BCUT2D eigenvalue weighted by atomic mass is 10.2. The van der Waals surface area contributed by atoms with Crippen LogP contribution in [0, 0.1) is 0 Å². The first-order valence-corrected chi connectivity index (χ1v) is 5.09. The van der Waals surface area contributed by atoms with Gasteiger partial charge < -0.3 is 10.6 Å². The highest BCUT2D eigenvalue weighted by Crippen LogP contribution is 2.17. The number of rotatable bonds is 3. The molecule has 5 heteroatoms. The smallest absolute Gasteiger partial charge is 0.254 e. The molecular formula is C9H12BrN3O. The van der Waals surface area contributed by atoms with Crippen LogP contribution in [-0.4, -0.2) is 24.5 Å². The van der Waals surface area contributed by atoms with Crippen LogP contribution in [0.15, 0.2) is 16.7 Å². The molecule has 1 aromatic rings. The van der Waals surface area contributed by atoms with Crippen LogP contribution in [0.2, 0.25) is 0 Å². The van der Waals surface area contributed by atoms with Crippen LogP contribution in [0.5, 0.6) is 0 Å². The van der Waals surface area contributed by atoms with Crippen molar-refractivity contribution in [3.8, 4) is 0 Å². The van der Waals surface area contributed by atoms with E-state index in [0.29, 0.717) is 11.4 Å². The molecule has 1 heterocycles. The number of amides is 1. The summed E-state index contributed by atoms with van der Waals surface area (Å²) in [6, 6.07) is 1.74. The first-order valence-electron chi connectivity index (χ1n) is 4.30. The zero-order chi connectivity index (χ0) is 10.6. The van der Waals surface area contributed by atoms with Gasteiger partial charge in [0.1, 0.15) is 5.82 Å². The molecule has 0 aliphatic rings. The third-order valence-corrected chi connectivity index (χ3v) is 2.10. The van der Waals surface area contributed by atoms with Crippen molar-refractivity contribution in [2.45, 2.75) is 6.92 Å². The van der Waals surface area contributed by atoms with Crippen LogP contribution in [0.3, 0.4) is 0 Å². The molecule has 0 radical (unpaired) electrons. The Bertz CT molecular complexity index is 341. The first kappa shape index (κ1) is 11.0. The molecule has 0 aromatic carbocycles. The lowest BCUT2D eigenvalue weighted by Crippen LogP contribution is -2.20. The Morgan fingerprint density at radius 1 is 1.64 bits per heavy atom. The fraction of sp³-hybridized carbons (Fsp3) is 0.333. The summed E-state index contributed by atoms with van der Waals surface area (Å²) in [5.74, 6) is 0.463. The highest BCUT2D eigenvalue weighted by atomic mass is 79.9. The summed E-state index contributed by atoms with van der Waals surface area (Å²) in [4.78, 5) is 15.6. The van der Waals surface area contributed by atoms with E-state index in [0.717, 1.165) is 11.0 Å². The predicted molar refractivity (Wildman–Crippen MR) is 59.5 cm³/mol. The molecule has 0 fully saturated rings. The molecule has 0 unspecified atom stereocenters. The van der Waals surface area contributed by atoms with E-state index in [1.165, 1.54) is 0 Å². The number of aromatic nitrogens is 1. The third kappa shape index (κ3) is 2.45. The standard InChI is InChI=1S/C9H12BrN3O/c1-3-12-8-7(9(14)11-2)4-6(10)5-13-8/h4-5H,3H2,1-2H3,(H,11,14)(H,12,13). The number of hydrogen-bond donors (Lipinski definition) is 2. The summed E-state index contributed by atoms with van der Waals surface area (Å²) >= 11 is 3.27. The highest BCUT2D eigenvalue weighted by Gasteiger charge is 2.10. The SMILES string of the molecule is CCNc1ncc(Br)cc1C(=O)NC. The van der Waals surface area contributed by atoms with E-state index in [-0.39, 0.29) is 5.91 Å². The first-order chi connectivity index (χ1) is 6.69. The lowest BCUT2D eigenvalue weighted by molar-refractivity contribution is 0.0963. The molecule has 1 rings (SSSR count). The van der Waals surface area contributed by atoms with Gasteiger partial charge in [-0.05, 0) is 28.9 Å². The average Bonchev–Trinajstić information content (AvgIpc) is 2.20. The quantitative estimate of drug-likeness (QED) is 0.866. The van der Waals surface area contributed by atoms with Crippen molar-refractivity contribution in [1.82, 2.24) is 10.3 Å². The van der Waals surface area contributed by atoms with Crippen molar-refractivity contribution >= 4 is 27.7 Å². The Hall–Kier alpha value is -1.10. The second kappa shape index (κ2) is 4.95. The second-order valence-corrected chi connectivity index (χ2v) is 3.57. The Balaban J connectivity index is 3.08. The maximum Gasteiger partial charge on any atom is 0.254 e. The fourth-order valence-corrected chi connectivity index (χ4v) is 1.39. The highest BCUT2D eigenvalue weighted by molar-refractivity contribution is 9.10. The fourth-order valence-electron chi connectivity index (χ4n) is 1.06.